The van der Waals surface area contributed by atoms with Gasteiger partial charge in [0.25, 0.3) is 0 Å². The number of hydrogen-bond acceptors (Lipinski definition) is 1. The van der Waals surface area contributed by atoms with Crippen molar-refractivity contribution in [1.29, 1.82) is 0 Å². The molecule has 1 aromatic carbocycles. The lowest BCUT2D eigenvalue weighted by Gasteiger charge is -2.24. The summed E-state index contributed by atoms with van der Waals surface area (Å²) >= 11 is 9.65. The highest BCUT2D eigenvalue weighted by Crippen LogP contribution is 2.41. The molecule has 3 rings (SSSR count). The van der Waals surface area contributed by atoms with Crippen LogP contribution in [0.3, 0.4) is 0 Å². The Labute approximate surface area is 114 Å². The van der Waals surface area contributed by atoms with Crippen molar-refractivity contribution in [2.75, 3.05) is 0 Å². The van der Waals surface area contributed by atoms with Crippen LogP contribution in [-0.2, 0) is 0 Å². The first-order valence-electron chi connectivity index (χ1n) is 5.75. The van der Waals surface area contributed by atoms with Gasteiger partial charge in [0.05, 0.1) is 10.2 Å². The molecule has 1 aliphatic carbocycles. The van der Waals surface area contributed by atoms with E-state index < -0.39 is 0 Å². The molecule has 0 bridgehead atoms. The zero-order chi connectivity index (χ0) is 11.8. The van der Waals surface area contributed by atoms with E-state index in [-0.39, 0.29) is 0 Å². The third-order valence-corrected chi connectivity index (χ3v) is 4.38. The molecule has 0 amide bonds. The summed E-state index contributed by atoms with van der Waals surface area (Å²) in [5.41, 5.74) is 3.23. The molecule has 0 radical (unpaired) electrons. The second-order valence-electron chi connectivity index (χ2n) is 4.44. The number of hydrogen-bond donors (Lipinski definition) is 1. The lowest BCUT2D eigenvalue weighted by Crippen LogP contribution is -2.09. The number of nitrogens with zero attached hydrogens (tertiary/aromatic N) is 1. The van der Waals surface area contributed by atoms with Gasteiger partial charge in [-0.3, -0.25) is 5.10 Å². The maximum Gasteiger partial charge on any atom is 0.107 e. The highest BCUT2D eigenvalue weighted by molar-refractivity contribution is 9.10. The SMILES string of the molecule is Clc1cccc(-c2n[nH]c(C3CCC3)c2Br)c1. The van der Waals surface area contributed by atoms with Gasteiger partial charge in [0.2, 0.25) is 0 Å². The van der Waals surface area contributed by atoms with Crippen LogP contribution in [0.1, 0.15) is 30.9 Å². The summed E-state index contributed by atoms with van der Waals surface area (Å²) in [6.45, 7) is 0. The first-order valence-corrected chi connectivity index (χ1v) is 6.92. The third-order valence-electron chi connectivity index (χ3n) is 3.34. The predicted octanol–water partition coefficient (Wildman–Crippen LogP) is 4.76. The van der Waals surface area contributed by atoms with E-state index in [9.17, 15) is 0 Å². The van der Waals surface area contributed by atoms with Gasteiger partial charge in [0, 0.05) is 16.5 Å². The Morgan fingerprint density at radius 3 is 2.82 bits per heavy atom. The number of H-pyrrole nitrogens is 1. The van der Waals surface area contributed by atoms with Crippen LogP contribution < -0.4 is 0 Å². The lowest BCUT2D eigenvalue weighted by molar-refractivity contribution is 0.409. The summed E-state index contributed by atoms with van der Waals surface area (Å²) in [4.78, 5) is 0. The normalized spacial score (nSPS) is 15.9. The molecule has 0 spiro atoms. The Morgan fingerprint density at radius 2 is 2.18 bits per heavy atom. The molecule has 1 N–H and O–H groups in total. The van der Waals surface area contributed by atoms with Crippen molar-refractivity contribution in [2.45, 2.75) is 25.2 Å². The van der Waals surface area contributed by atoms with Gasteiger partial charge < -0.3 is 0 Å². The molecule has 2 nitrogen and oxygen atoms in total. The molecule has 1 aliphatic rings. The van der Waals surface area contributed by atoms with E-state index >= 15 is 0 Å². The molecule has 17 heavy (non-hydrogen) atoms. The molecule has 0 atom stereocenters. The number of benzene rings is 1. The van der Waals surface area contributed by atoms with Crippen LogP contribution >= 0.6 is 27.5 Å². The molecular formula is C13H12BrClN2. The fourth-order valence-corrected chi connectivity index (χ4v) is 3.06. The third kappa shape index (κ3) is 2.02. The molecule has 1 fully saturated rings. The number of aromatic nitrogens is 2. The number of rotatable bonds is 2. The van der Waals surface area contributed by atoms with E-state index in [0.717, 1.165) is 20.8 Å². The minimum Gasteiger partial charge on any atom is -0.280 e. The van der Waals surface area contributed by atoms with Crippen LogP contribution in [0.2, 0.25) is 5.02 Å². The minimum atomic E-state index is 0.643. The monoisotopic (exact) mass is 310 g/mol. The van der Waals surface area contributed by atoms with Gasteiger partial charge in [-0.15, -0.1) is 0 Å². The lowest BCUT2D eigenvalue weighted by atomic mass is 9.83. The van der Waals surface area contributed by atoms with Crippen molar-refractivity contribution < 1.29 is 0 Å². The Kier molecular flexibility index (Phi) is 2.97. The van der Waals surface area contributed by atoms with Crippen LogP contribution in [-0.4, -0.2) is 10.2 Å². The molecule has 4 heteroatoms. The van der Waals surface area contributed by atoms with Crippen molar-refractivity contribution in [3.63, 3.8) is 0 Å². The number of aromatic amines is 1. The van der Waals surface area contributed by atoms with Crippen LogP contribution in [0.15, 0.2) is 28.7 Å². The Morgan fingerprint density at radius 1 is 1.35 bits per heavy atom. The van der Waals surface area contributed by atoms with Crippen molar-refractivity contribution in [3.8, 4) is 11.3 Å². The largest absolute Gasteiger partial charge is 0.280 e. The number of nitrogens with one attached hydrogen (secondary N) is 1. The van der Waals surface area contributed by atoms with E-state index in [1.165, 1.54) is 25.0 Å². The minimum absolute atomic E-state index is 0.643. The average Bonchev–Trinajstić information content (AvgIpc) is 2.59. The first-order chi connectivity index (χ1) is 8.25. The van der Waals surface area contributed by atoms with Gasteiger partial charge in [-0.1, -0.05) is 30.2 Å². The number of halogens is 2. The Hall–Kier alpha value is -0.800. The first kappa shape index (κ1) is 11.3. The molecule has 2 aromatic rings. The van der Waals surface area contributed by atoms with Gasteiger partial charge in [0.1, 0.15) is 5.69 Å². The van der Waals surface area contributed by atoms with Crippen LogP contribution in [0.25, 0.3) is 11.3 Å². The highest BCUT2D eigenvalue weighted by Gasteiger charge is 2.25. The summed E-state index contributed by atoms with van der Waals surface area (Å²) < 4.78 is 1.09. The predicted molar refractivity (Wildman–Crippen MR) is 73.3 cm³/mol. The molecule has 0 unspecified atom stereocenters. The van der Waals surface area contributed by atoms with Gasteiger partial charge in [-0.05, 0) is 40.9 Å². The van der Waals surface area contributed by atoms with Crippen LogP contribution in [0, 0.1) is 0 Å². The zero-order valence-electron chi connectivity index (χ0n) is 9.21. The van der Waals surface area contributed by atoms with Crippen molar-refractivity contribution in [2.24, 2.45) is 0 Å². The van der Waals surface area contributed by atoms with E-state index in [0.29, 0.717) is 5.92 Å². The Balaban J connectivity index is 2.00. The molecule has 0 saturated heterocycles. The summed E-state index contributed by atoms with van der Waals surface area (Å²) in [7, 11) is 0. The molecule has 1 heterocycles. The fourth-order valence-electron chi connectivity index (χ4n) is 2.14. The van der Waals surface area contributed by atoms with Crippen LogP contribution in [0.4, 0.5) is 0 Å². The van der Waals surface area contributed by atoms with E-state index in [2.05, 4.69) is 26.1 Å². The van der Waals surface area contributed by atoms with Crippen molar-refractivity contribution in [1.82, 2.24) is 10.2 Å². The summed E-state index contributed by atoms with van der Waals surface area (Å²) in [6, 6.07) is 7.78. The molecule has 1 saturated carbocycles. The zero-order valence-corrected chi connectivity index (χ0v) is 11.6. The second kappa shape index (κ2) is 4.46. The van der Waals surface area contributed by atoms with Crippen molar-refractivity contribution >= 4 is 27.5 Å². The van der Waals surface area contributed by atoms with Gasteiger partial charge >= 0.3 is 0 Å². The Bertz CT molecular complexity index is 546. The topological polar surface area (TPSA) is 28.7 Å². The van der Waals surface area contributed by atoms with E-state index in [4.69, 9.17) is 11.6 Å². The quantitative estimate of drug-likeness (QED) is 0.851. The van der Waals surface area contributed by atoms with Gasteiger partial charge in [0.15, 0.2) is 0 Å². The van der Waals surface area contributed by atoms with Crippen LogP contribution in [0.5, 0.6) is 0 Å². The summed E-state index contributed by atoms with van der Waals surface area (Å²) in [5, 5.41) is 8.29. The summed E-state index contributed by atoms with van der Waals surface area (Å²) in [6.07, 6.45) is 3.84. The second-order valence-corrected chi connectivity index (χ2v) is 5.67. The molecule has 1 aromatic heterocycles. The van der Waals surface area contributed by atoms with Gasteiger partial charge in [-0.2, -0.15) is 5.10 Å². The molecule has 88 valence electrons. The average molecular weight is 312 g/mol. The van der Waals surface area contributed by atoms with Crippen molar-refractivity contribution in [3.05, 3.63) is 39.5 Å². The standard InChI is InChI=1S/C13H12BrClN2/c14-11-12(8-3-1-4-8)16-17-13(11)9-5-2-6-10(15)7-9/h2,5-8H,1,3-4H2,(H,16,17). The molecule has 0 aliphatic heterocycles. The maximum atomic E-state index is 6.00. The highest BCUT2D eigenvalue weighted by atomic mass is 79.9. The molecular weight excluding hydrogens is 300 g/mol. The van der Waals surface area contributed by atoms with Gasteiger partial charge in [-0.25, -0.2) is 0 Å². The summed E-state index contributed by atoms with van der Waals surface area (Å²) in [5.74, 6) is 0.643. The van der Waals surface area contributed by atoms with E-state index in [1.807, 2.05) is 24.3 Å². The maximum absolute atomic E-state index is 6.00. The van der Waals surface area contributed by atoms with E-state index in [1.54, 1.807) is 0 Å². The smallest absolute Gasteiger partial charge is 0.107 e. The fraction of sp³-hybridized carbons (Fsp3) is 0.308.